The van der Waals surface area contributed by atoms with Crippen LogP contribution in [0, 0.1) is 0 Å². The van der Waals surface area contributed by atoms with Crippen molar-refractivity contribution in [1.29, 1.82) is 0 Å². The van der Waals surface area contributed by atoms with Crippen molar-refractivity contribution in [2.75, 3.05) is 12.4 Å². The average molecular weight is 422 g/mol. The van der Waals surface area contributed by atoms with Crippen molar-refractivity contribution in [2.45, 2.75) is 32.7 Å². The number of Topliss-reactive ketones (excluding diaryl/α,β-unsaturated/α-hetero) is 1. The molecule has 8 heteroatoms. The minimum atomic E-state index is -0.824. The molecule has 0 fully saturated rings. The zero-order valence-corrected chi connectivity index (χ0v) is 17.4. The van der Waals surface area contributed by atoms with E-state index in [0.29, 0.717) is 40.3 Å². The van der Waals surface area contributed by atoms with E-state index in [4.69, 9.17) is 14.2 Å². The standard InChI is InChI=1S/C23H22N2O6/c1-4-17(22(28)29-3)25-23-30-19-8-5-13(10-20(19)31-23)9-16-15-11-14(12(2)26)6-7-18(15)24-21(16)27/h5-11,17,23,25H,4H2,1-3H3,(H,24,27)/b16-9-. The maximum Gasteiger partial charge on any atom is 0.323 e. The van der Waals surface area contributed by atoms with E-state index in [1.54, 1.807) is 42.5 Å². The van der Waals surface area contributed by atoms with E-state index >= 15 is 0 Å². The minimum absolute atomic E-state index is 0.0690. The quantitative estimate of drug-likeness (QED) is 0.419. The van der Waals surface area contributed by atoms with E-state index in [9.17, 15) is 14.4 Å². The summed E-state index contributed by atoms with van der Waals surface area (Å²) in [6.07, 6.45) is 1.43. The summed E-state index contributed by atoms with van der Waals surface area (Å²) in [4.78, 5) is 36.0. The van der Waals surface area contributed by atoms with E-state index in [1.165, 1.54) is 14.0 Å². The van der Waals surface area contributed by atoms with Gasteiger partial charge in [-0.25, -0.2) is 5.32 Å². The molecule has 8 nitrogen and oxygen atoms in total. The maximum atomic E-state index is 12.5. The summed E-state index contributed by atoms with van der Waals surface area (Å²) in [5.41, 5.74) is 3.08. The topological polar surface area (TPSA) is 103 Å². The normalized spacial score (nSPS) is 18.5. The fourth-order valence-corrected chi connectivity index (χ4v) is 3.50. The molecule has 2 heterocycles. The number of nitrogens with one attached hydrogen (secondary N) is 2. The average Bonchev–Trinajstić information content (AvgIpc) is 3.30. The molecule has 1 amide bonds. The number of carbonyl (C=O) groups excluding carboxylic acids is 3. The van der Waals surface area contributed by atoms with Crippen LogP contribution in [-0.2, 0) is 14.3 Å². The lowest BCUT2D eigenvalue weighted by Gasteiger charge is -2.18. The number of anilines is 1. The molecule has 0 spiro atoms. The molecule has 2 aromatic rings. The van der Waals surface area contributed by atoms with Gasteiger partial charge in [0.15, 0.2) is 17.3 Å². The third-order valence-electron chi connectivity index (χ3n) is 5.19. The second-order valence-corrected chi connectivity index (χ2v) is 7.25. The number of hydrogen-bond acceptors (Lipinski definition) is 7. The van der Waals surface area contributed by atoms with Crippen LogP contribution in [-0.4, -0.2) is 37.2 Å². The summed E-state index contributed by atoms with van der Waals surface area (Å²) in [6.45, 7) is 3.34. The number of carbonyl (C=O) groups is 3. The molecule has 2 aliphatic rings. The van der Waals surface area contributed by atoms with E-state index in [1.807, 2.05) is 6.92 Å². The Kier molecular flexibility index (Phi) is 5.48. The molecule has 31 heavy (non-hydrogen) atoms. The summed E-state index contributed by atoms with van der Waals surface area (Å²) in [7, 11) is 1.33. The lowest BCUT2D eigenvalue weighted by Crippen LogP contribution is -2.47. The Labute approximate surface area is 179 Å². The number of methoxy groups -OCH3 is 1. The largest absolute Gasteiger partial charge is 0.468 e. The number of ether oxygens (including phenoxy) is 3. The summed E-state index contributed by atoms with van der Waals surface area (Å²) >= 11 is 0. The summed E-state index contributed by atoms with van der Waals surface area (Å²) in [5, 5.41) is 5.77. The van der Waals surface area contributed by atoms with Crippen molar-refractivity contribution in [1.82, 2.24) is 5.32 Å². The first-order valence-corrected chi connectivity index (χ1v) is 9.89. The van der Waals surface area contributed by atoms with E-state index in [2.05, 4.69) is 10.6 Å². The highest BCUT2D eigenvalue weighted by atomic mass is 16.7. The molecule has 2 unspecified atom stereocenters. The molecule has 2 aliphatic heterocycles. The molecule has 0 aliphatic carbocycles. The molecule has 4 rings (SSSR count). The van der Waals surface area contributed by atoms with Gasteiger partial charge in [-0.05, 0) is 55.3 Å². The lowest BCUT2D eigenvalue weighted by molar-refractivity contribution is -0.145. The lowest BCUT2D eigenvalue weighted by atomic mass is 10.0. The van der Waals surface area contributed by atoms with Gasteiger partial charge < -0.3 is 19.5 Å². The predicted molar refractivity (Wildman–Crippen MR) is 114 cm³/mol. The van der Waals surface area contributed by atoms with E-state index < -0.39 is 18.4 Å². The Morgan fingerprint density at radius 1 is 1.19 bits per heavy atom. The third-order valence-corrected chi connectivity index (χ3v) is 5.19. The number of fused-ring (bicyclic) bond motifs is 2. The fraction of sp³-hybridized carbons (Fsp3) is 0.261. The Morgan fingerprint density at radius 2 is 1.97 bits per heavy atom. The second kappa shape index (κ2) is 8.23. The molecule has 2 aromatic carbocycles. The van der Waals surface area contributed by atoms with Crippen LogP contribution < -0.4 is 20.1 Å². The molecular formula is C23H22N2O6. The predicted octanol–water partition coefficient (Wildman–Crippen LogP) is 2.98. The van der Waals surface area contributed by atoms with Crippen LogP contribution in [0.5, 0.6) is 11.5 Å². The van der Waals surface area contributed by atoms with E-state index in [0.717, 1.165) is 5.56 Å². The number of ketones is 1. The van der Waals surface area contributed by atoms with Gasteiger partial charge in [0.2, 0.25) is 0 Å². The van der Waals surface area contributed by atoms with Crippen molar-refractivity contribution in [3.05, 3.63) is 53.1 Å². The van der Waals surface area contributed by atoms with Crippen molar-refractivity contribution < 1.29 is 28.6 Å². The second-order valence-electron chi connectivity index (χ2n) is 7.25. The zero-order valence-electron chi connectivity index (χ0n) is 17.4. The van der Waals surface area contributed by atoms with Gasteiger partial charge in [-0.2, -0.15) is 0 Å². The van der Waals surface area contributed by atoms with Crippen LogP contribution in [0.1, 0.15) is 41.8 Å². The summed E-state index contributed by atoms with van der Waals surface area (Å²) < 4.78 is 16.2. The van der Waals surface area contributed by atoms with E-state index in [-0.39, 0.29) is 11.7 Å². The smallest absolute Gasteiger partial charge is 0.323 e. The highest BCUT2D eigenvalue weighted by Crippen LogP contribution is 2.38. The first-order valence-electron chi connectivity index (χ1n) is 9.89. The fourth-order valence-electron chi connectivity index (χ4n) is 3.50. The van der Waals surface area contributed by atoms with Gasteiger partial charge in [0, 0.05) is 22.4 Å². The Bertz CT molecular complexity index is 1110. The van der Waals surface area contributed by atoms with Gasteiger partial charge >= 0.3 is 12.4 Å². The van der Waals surface area contributed by atoms with Gasteiger partial charge in [0.1, 0.15) is 6.04 Å². The monoisotopic (exact) mass is 422 g/mol. The van der Waals surface area contributed by atoms with Crippen LogP contribution >= 0.6 is 0 Å². The van der Waals surface area contributed by atoms with Crippen molar-refractivity contribution in [3.63, 3.8) is 0 Å². The molecule has 160 valence electrons. The molecule has 0 saturated carbocycles. The summed E-state index contributed by atoms with van der Waals surface area (Å²) in [6, 6.07) is 9.87. The van der Waals surface area contributed by atoms with Gasteiger partial charge in [0.05, 0.1) is 7.11 Å². The number of benzene rings is 2. The first kappa shape index (κ1) is 20.6. The Morgan fingerprint density at radius 3 is 2.68 bits per heavy atom. The molecule has 0 saturated heterocycles. The summed E-state index contributed by atoms with van der Waals surface area (Å²) in [5.74, 6) is 0.307. The first-order chi connectivity index (χ1) is 14.9. The third kappa shape index (κ3) is 4.02. The maximum absolute atomic E-state index is 12.5. The van der Waals surface area contributed by atoms with Crippen LogP contribution in [0.3, 0.4) is 0 Å². The number of amides is 1. The highest BCUT2D eigenvalue weighted by Gasteiger charge is 2.30. The van der Waals surface area contributed by atoms with Crippen molar-refractivity contribution in [3.8, 4) is 11.5 Å². The van der Waals surface area contributed by atoms with Gasteiger partial charge in [-0.3, -0.25) is 14.4 Å². The highest BCUT2D eigenvalue weighted by molar-refractivity contribution is 6.35. The molecule has 2 atom stereocenters. The van der Waals surface area contributed by atoms with Crippen LogP contribution in [0.15, 0.2) is 36.4 Å². The molecular weight excluding hydrogens is 400 g/mol. The van der Waals surface area contributed by atoms with Crippen molar-refractivity contribution >= 4 is 35.0 Å². The Balaban J connectivity index is 1.57. The molecule has 0 bridgehead atoms. The zero-order chi connectivity index (χ0) is 22.1. The number of rotatable bonds is 6. The van der Waals surface area contributed by atoms with Crippen molar-refractivity contribution in [2.24, 2.45) is 0 Å². The van der Waals surface area contributed by atoms with Crippen LogP contribution in [0.25, 0.3) is 11.6 Å². The minimum Gasteiger partial charge on any atom is -0.468 e. The van der Waals surface area contributed by atoms with Crippen LogP contribution in [0.4, 0.5) is 5.69 Å². The number of hydrogen-bond donors (Lipinski definition) is 2. The Hall–Kier alpha value is -3.65. The van der Waals surface area contributed by atoms with Gasteiger partial charge in [0.25, 0.3) is 5.91 Å². The van der Waals surface area contributed by atoms with Crippen LogP contribution in [0.2, 0.25) is 0 Å². The molecule has 0 radical (unpaired) electrons. The van der Waals surface area contributed by atoms with Gasteiger partial charge in [-0.1, -0.05) is 13.0 Å². The SMILES string of the molecule is CCC(NC1Oc2ccc(/C=C3\C(=O)Nc4ccc(C(C)=O)cc43)cc2O1)C(=O)OC. The molecule has 0 aromatic heterocycles. The number of esters is 1. The molecule has 2 N–H and O–H groups in total. The van der Waals surface area contributed by atoms with Gasteiger partial charge in [-0.15, -0.1) is 0 Å².